The third-order valence-electron chi connectivity index (χ3n) is 2.40. The molecule has 0 atom stereocenters. The van der Waals surface area contributed by atoms with Crippen molar-refractivity contribution in [2.75, 3.05) is 11.5 Å². The quantitative estimate of drug-likeness (QED) is 0.494. The molecule has 0 heterocycles. The Morgan fingerprint density at radius 2 is 1.16 bits per heavy atom. The largest absolute Gasteiger partial charge is 0.506 e. The number of hydrogen-bond donors (Lipinski definition) is 4. The summed E-state index contributed by atoms with van der Waals surface area (Å²) in [6.45, 7) is 0. The van der Waals surface area contributed by atoms with E-state index >= 15 is 0 Å². The molecular weight excluding hydrogens is 258 g/mol. The van der Waals surface area contributed by atoms with E-state index in [9.17, 15) is 19.0 Å². The highest BCUT2D eigenvalue weighted by molar-refractivity contribution is 5.58. The Labute approximate surface area is 106 Å². The molecule has 0 aromatic heterocycles. The normalized spacial score (nSPS) is 10.4. The molecule has 5 nitrogen and oxygen atoms in total. The minimum Gasteiger partial charge on any atom is -0.506 e. The molecule has 6 N–H and O–H groups in total. The SMILES string of the molecule is Nc1c(O)cc(Oc2cc(O)c(N)c(F)c2)cc1F. The maximum atomic E-state index is 13.3. The minimum atomic E-state index is -0.880. The lowest BCUT2D eigenvalue weighted by Gasteiger charge is -2.09. The fourth-order valence-corrected chi connectivity index (χ4v) is 1.41. The molecule has 2 aromatic carbocycles. The number of rotatable bonds is 2. The fourth-order valence-electron chi connectivity index (χ4n) is 1.41. The van der Waals surface area contributed by atoms with Gasteiger partial charge in [-0.1, -0.05) is 0 Å². The highest BCUT2D eigenvalue weighted by Gasteiger charge is 2.11. The van der Waals surface area contributed by atoms with Crippen LogP contribution in [0.25, 0.3) is 0 Å². The molecule has 0 fully saturated rings. The number of anilines is 2. The van der Waals surface area contributed by atoms with Gasteiger partial charge >= 0.3 is 0 Å². The second-order valence-electron chi connectivity index (χ2n) is 3.78. The molecule has 0 bridgehead atoms. The van der Waals surface area contributed by atoms with E-state index in [1.807, 2.05) is 0 Å². The van der Waals surface area contributed by atoms with Gasteiger partial charge in [-0.3, -0.25) is 0 Å². The summed E-state index contributed by atoms with van der Waals surface area (Å²) in [5, 5.41) is 18.6. The Morgan fingerprint density at radius 3 is 1.47 bits per heavy atom. The standard InChI is InChI=1S/C12H10F2N2O3/c13-7-1-5(3-9(17)11(7)15)19-6-2-8(14)12(16)10(18)4-6/h1-4,17-18H,15-16H2. The van der Waals surface area contributed by atoms with Gasteiger partial charge in [0, 0.05) is 24.3 Å². The molecule has 0 saturated heterocycles. The summed E-state index contributed by atoms with van der Waals surface area (Å²) < 4.78 is 31.6. The van der Waals surface area contributed by atoms with Crippen molar-refractivity contribution in [3.8, 4) is 23.0 Å². The summed E-state index contributed by atoms with van der Waals surface area (Å²) in [6, 6.07) is 3.95. The first-order chi connectivity index (χ1) is 8.88. The Balaban J connectivity index is 2.36. The second kappa shape index (κ2) is 4.52. The van der Waals surface area contributed by atoms with Crippen molar-refractivity contribution in [1.29, 1.82) is 0 Å². The third kappa shape index (κ3) is 2.44. The Morgan fingerprint density at radius 1 is 0.789 bits per heavy atom. The molecule has 0 aliphatic rings. The molecule has 7 heteroatoms. The first-order valence-corrected chi connectivity index (χ1v) is 5.12. The van der Waals surface area contributed by atoms with Crippen molar-refractivity contribution in [2.45, 2.75) is 0 Å². The predicted octanol–water partition coefficient (Wildman–Crippen LogP) is 2.33. The van der Waals surface area contributed by atoms with Crippen molar-refractivity contribution in [1.82, 2.24) is 0 Å². The zero-order chi connectivity index (χ0) is 14.2. The van der Waals surface area contributed by atoms with E-state index in [-0.39, 0.29) is 11.5 Å². The summed E-state index contributed by atoms with van der Waals surface area (Å²) in [6.07, 6.45) is 0. The van der Waals surface area contributed by atoms with Crippen LogP contribution in [-0.2, 0) is 0 Å². The van der Waals surface area contributed by atoms with Gasteiger partial charge in [0.15, 0.2) is 11.6 Å². The van der Waals surface area contributed by atoms with Gasteiger partial charge in [0.25, 0.3) is 0 Å². The molecule has 0 saturated carbocycles. The Kier molecular flexibility index (Phi) is 3.04. The summed E-state index contributed by atoms with van der Waals surface area (Å²) in [5.41, 5.74) is 9.59. The highest BCUT2D eigenvalue weighted by atomic mass is 19.1. The van der Waals surface area contributed by atoms with Crippen LogP contribution in [0.2, 0.25) is 0 Å². The molecule has 0 aliphatic heterocycles. The lowest BCUT2D eigenvalue weighted by Crippen LogP contribution is -1.95. The molecule has 0 aliphatic carbocycles. The first kappa shape index (κ1) is 12.7. The smallest absolute Gasteiger partial charge is 0.153 e. The van der Waals surface area contributed by atoms with Gasteiger partial charge in [-0.2, -0.15) is 0 Å². The van der Waals surface area contributed by atoms with Gasteiger partial charge in [-0.25, -0.2) is 8.78 Å². The third-order valence-corrected chi connectivity index (χ3v) is 2.40. The van der Waals surface area contributed by atoms with Crippen LogP contribution < -0.4 is 16.2 Å². The van der Waals surface area contributed by atoms with E-state index < -0.39 is 34.5 Å². The number of ether oxygens (including phenoxy) is 1. The van der Waals surface area contributed by atoms with Crippen LogP contribution in [0.4, 0.5) is 20.2 Å². The summed E-state index contributed by atoms with van der Waals surface area (Å²) >= 11 is 0. The molecule has 2 aromatic rings. The number of halogens is 2. The predicted molar refractivity (Wildman–Crippen MR) is 65.0 cm³/mol. The van der Waals surface area contributed by atoms with E-state index in [2.05, 4.69) is 0 Å². The van der Waals surface area contributed by atoms with E-state index in [1.54, 1.807) is 0 Å². The maximum Gasteiger partial charge on any atom is 0.153 e. The van der Waals surface area contributed by atoms with Gasteiger partial charge in [0.1, 0.15) is 34.4 Å². The average molecular weight is 268 g/mol. The van der Waals surface area contributed by atoms with E-state index in [4.69, 9.17) is 16.2 Å². The number of phenols is 2. The first-order valence-electron chi connectivity index (χ1n) is 5.12. The van der Waals surface area contributed by atoms with Crippen LogP contribution in [0.3, 0.4) is 0 Å². The summed E-state index contributed by atoms with van der Waals surface area (Å²) in [4.78, 5) is 0. The maximum absolute atomic E-state index is 13.3. The molecule has 19 heavy (non-hydrogen) atoms. The minimum absolute atomic E-state index is 0.104. The topological polar surface area (TPSA) is 102 Å². The number of nitrogen functional groups attached to an aromatic ring is 2. The van der Waals surface area contributed by atoms with E-state index in [0.717, 1.165) is 24.3 Å². The van der Waals surface area contributed by atoms with Crippen LogP contribution in [0.5, 0.6) is 23.0 Å². The van der Waals surface area contributed by atoms with Crippen LogP contribution in [0.15, 0.2) is 24.3 Å². The number of benzene rings is 2. The number of nitrogens with two attached hydrogens (primary N) is 2. The summed E-state index contributed by atoms with van der Waals surface area (Å²) in [7, 11) is 0. The molecule has 0 radical (unpaired) electrons. The van der Waals surface area contributed by atoms with Gasteiger partial charge < -0.3 is 26.4 Å². The molecule has 0 unspecified atom stereocenters. The number of hydrogen-bond acceptors (Lipinski definition) is 5. The van der Waals surface area contributed by atoms with Crippen LogP contribution in [-0.4, -0.2) is 10.2 Å². The zero-order valence-corrected chi connectivity index (χ0v) is 9.52. The van der Waals surface area contributed by atoms with Crippen LogP contribution in [0, 0.1) is 11.6 Å². The van der Waals surface area contributed by atoms with Crippen molar-refractivity contribution in [3.05, 3.63) is 35.9 Å². The summed E-state index contributed by atoms with van der Waals surface area (Å²) in [5.74, 6) is -2.98. The van der Waals surface area contributed by atoms with Gasteiger partial charge in [-0.05, 0) is 0 Å². The van der Waals surface area contributed by atoms with E-state index in [0.29, 0.717) is 0 Å². The highest BCUT2D eigenvalue weighted by Crippen LogP contribution is 2.34. The molecular formula is C12H10F2N2O3. The second-order valence-corrected chi connectivity index (χ2v) is 3.78. The van der Waals surface area contributed by atoms with Crippen molar-refractivity contribution >= 4 is 11.4 Å². The van der Waals surface area contributed by atoms with Gasteiger partial charge in [0.2, 0.25) is 0 Å². The van der Waals surface area contributed by atoms with Gasteiger partial charge in [-0.15, -0.1) is 0 Å². The van der Waals surface area contributed by atoms with E-state index in [1.165, 1.54) is 0 Å². The number of phenolic OH excluding ortho intramolecular Hbond substituents is 2. The Bertz CT molecular complexity index is 545. The molecule has 0 amide bonds. The number of aromatic hydroxyl groups is 2. The van der Waals surface area contributed by atoms with Gasteiger partial charge in [0.05, 0.1) is 0 Å². The monoisotopic (exact) mass is 268 g/mol. The van der Waals surface area contributed by atoms with Crippen molar-refractivity contribution < 1.29 is 23.7 Å². The lowest BCUT2D eigenvalue weighted by atomic mass is 10.2. The van der Waals surface area contributed by atoms with Crippen molar-refractivity contribution in [3.63, 3.8) is 0 Å². The lowest BCUT2D eigenvalue weighted by molar-refractivity contribution is 0.437. The molecule has 0 spiro atoms. The molecule has 100 valence electrons. The zero-order valence-electron chi connectivity index (χ0n) is 9.52. The van der Waals surface area contributed by atoms with Crippen molar-refractivity contribution in [2.24, 2.45) is 0 Å². The molecule has 2 rings (SSSR count). The fraction of sp³-hybridized carbons (Fsp3) is 0. The van der Waals surface area contributed by atoms with Crippen LogP contribution in [0.1, 0.15) is 0 Å². The Hall–Kier alpha value is -2.70. The van der Waals surface area contributed by atoms with Crippen LogP contribution >= 0.6 is 0 Å². The average Bonchev–Trinajstić information content (AvgIpc) is 2.33.